The van der Waals surface area contributed by atoms with E-state index in [1.807, 2.05) is 37.3 Å². The maximum atomic E-state index is 11.0. The van der Waals surface area contributed by atoms with Crippen molar-refractivity contribution in [3.63, 3.8) is 0 Å². The maximum Gasteiger partial charge on any atom is 0.306 e. The molecule has 4 heteroatoms. The number of benzene rings is 1. The van der Waals surface area contributed by atoms with E-state index in [4.69, 9.17) is 0 Å². The summed E-state index contributed by atoms with van der Waals surface area (Å²) in [4.78, 5) is 11.0. The van der Waals surface area contributed by atoms with Crippen LogP contribution in [0.25, 0.3) is 0 Å². The first kappa shape index (κ1) is 13.7. The molecule has 0 saturated carbocycles. The number of nitrogens with one attached hydrogen (secondary N) is 1. The van der Waals surface area contributed by atoms with Crippen molar-refractivity contribution in [2.45, 2.75) is 18.9 Å². The standard InChI is InChI=1S/C13H19NO3/c1-13(10-15,11-6-4-3-5-7-11)14-9-8-12(16)17-2/h3-7,14-15H,8-10H2,1-2H3. The molecule has 0 heterocycles. The van der Waals surface area contributed by atoms with Gasteiger partial charge in [-0.05, 0) is 12.5 Å². The molecular formula is C13H19NO3. The molecule has 0 amide bonds. The summed E-state index contributed by atoms with van der Waals surface area (Å²) >= 11 is 0. The minimum Gasteiger partial charge on any atom is -0.469 e. The van der Waals surface area contributed by atoms with E-state index in [9.17, 15) is 9.90 Å². The Hall–Kier alpha value is -1.39. The fourth-order valence-electron chi connectivity index (χ4n) is 1.60. The second-order valence-electron chi connectivity index (χ2n) is 4.11. The summed E-state index contributed by atoms with van der Waals surface area (Å²) in [6.45, 7) is 2.34. The van der Waals surface area contributed by atoms with E-state index in [2.05, 4.69) is 10.1 Å². The molecule has 0 saturated heterocycles. The van der Waals surface area contributed by atoms with Gasteiger partial charge in [-0.15, -0.1) is 0 Å². The highest BCUT2D eigenvalue weighted by Gasteiger charge is 2.24. The third kappa shape index (κ3) is 3.84. The van der Waals surface area contributed by atoms with Crippen LogP contribution >= 0.6 is 0 Å². The number of carbonyl (C=O) groups is 1. The zero-order chi connectivity index (χ0) is 12.7. The van der Waals surface area contributed by atoms with Gasteiger partial charge in [0.25, 0.3) is 0 Å². The molecule has 0 aliphatic rings. The zero-order valence-corrected chi connectivity index (χ0v) is 10.3. The highest BCUT2D eigenvalue weighted by molar-refractivity contribution is 5.69. The Kier molecular flexibility index (Phi) is 5.12. The highest BCUT2D eigenvalue weighted by atomic mass is 16.5. The third-order valence-electron chi connectivity index (χ3n) is 2.80. The normalized spacial score (nSPS) is 14.1. The number of hydrogen-bond donors (Lipinski definition) is 2. The summed E-state index contributed by atoms with van der Waals surface area (Å²) in [5.41, 5.74) is 0.460. The number of esters is 1. The Morgan fingerprint density at radius 2 is 2.06 bits per heavy atom. The molecule has 1 aromatic rings. The van der Waals surface area contributed by atoms with Crippen LogP contribution in [-0.2, 0) is 15.1 Å². The molecule has 1 unspecified atom stereocenters. The largest absolute Gasteiger partial charge is 0.469 e. The molecule has 2 N–H and O–H groups in total. The fraction of sp³-hybridized carbons (Fsp3) is 0.462. The van der Waals surface area contributed by atoms with Crippen molar-refractivity contribution >= 4 is 5.97 Å². The third-order valence-corrected chi connectivity index (χ3v) is 2.80. The molecule has 1 rings (SSSR count). The quantitative estimate of drug-likeness (QED) is 0.726. The minimum atomic E-state index is -0.532. The van der Waals surface area contributed by atoms with Crippen molar-refractivity contribution in [3.05, 3.63) is 35.9 Å². The SMILES string of the molecule is COC(=O)CCNC(C)(CO)c1ccccc1. The van der Waals surface area contributed by atoms with E-state index in [0.29, 0.717) is 13.0 Å². The van der Waals surface area contributed by atoms with Crippen LogP contribution in [0.2, 0.25) is 0 Å². The summed E-state index contributed by atoms with van der Waals surface area (Å²) in [7, 11) is 1.37. The lowest BCUT2D eigenvalue weighted by atomic mass is 9.93. The van der Waals surface area contributed by atoms with E-state index in [1.165, 1.54) is 7.11 Å². The van der Waals surface area contributed by atoms with Crippen molar-refractivity contribution in [2.75, 3.05) is 20.3 Å². The lowest BCUT2D eigenvalue weighted by Crippen LogP contribution is -2.43. The molecular weight excluding hydrogens is 218 g/mol. The van der Waals surface area contributed by atoms with E-state index in [1.54, 1.807) is 0 Å². The molecule has 94 valence electrons. The predicted molar refractivity (Wildman–Crippen MR) is 65.5 cm³/mol. The summed E-state index contributed by atoms with van der Waals surface area (Å²) in [5, 5.41) is 12.7. The first-order chi connectivity index (χ1) is 8.12. The van der Waals surface area contributed by atoms with Crippen LogP contribution in [0.1, 0.15) is 18.9 Å². The number of carbonyl (C=O) groups excluding carboxylic acids is 1. The molecule has 0 aromatic heterocycles. The van der Waals surface area contributed by atoms with Gasteiger partial charge in [0.1, 0.15) is 0 Å². The van der Waals surface area contributed by atoms with Gasteiger partial charge in [0.15, 0.2) is 0 Å². The van der Waals surface area contributed by atoms with E-state index < -0.39 is 5.54 Å². The number of aliphatic hydroxyl groups is 1. The Morgan fingerprint density at radius 3 is 2.59 bits per heavy atom. The van der Waals surface area contributed by atoms with Crippen LogP contribution in [-0.4, -0.2) is 31.3 Å². The van der Waals surface area contributed by atoms with E-state index >= 15 is 0 Å². The monoisotopic (exact) mass is 237 g/mol. The predicted octanol–water partition coefficient (Wildman–Crippen LogP) is 1.05. The van der Waals surface area contributed by atoms with Crippen LogP contribution in [0.15, 0.2) is 30.3 Å². The van der Waals surface area contributed by atoms with Gasteiger partial charge in [-0.1, -0.05) is 30.3 Å². The molecule has 0 spiro atoms. The molecule has 0 aliphatic carbocycles. The van der Waals surface area contributed by atoms with Crippen LogP contribution in [0.3, 0.4) is 0 Å². The van der Waals surface area contributed by atoms with Crippen LogP contribution in [0.5, 0.6) is 0 Å². The lowest BCUT2D eigenvalue weighted by molar-refractivity contribution is -0.140. The van der Waals surface area contributed by atoms with Crippen molar-refractivity contribution in [1.29, 1.82) is 0 Å². The van der Waals surface area contributed by atoms with Gasteiger partial charge in [0, 0.05) is 6.54 Å². The lowest BCUT2D eigenvalue weighted by Gasteiger charge is -2.29. The van der Waals surface area contributed by atoms with Crippen LogP contribution in [0.4, 0.5) is 0 Å². The highest BCUT2D eigenvalue weighted by Crippen LogP contribution is 2.19. The van der Waals surface area contributed by atoms with Crippen LogP contribution < -0.4 is 5.32 Å². The molecule has 1 atom stereocenters. The topological polar surface area (TPSA) is 58.6 Å². The Balaban J connectivity index is 2.60. The van der Waals surface area contributed by atoms with Crippen molar-refractivity contribution in [3.8, 4) is 0 Å². The molecule has 0 fully saturated rings. The summed E-state index contributed by atoms with van der Waals surface area (Å²) in [5.74, 6) is -0.258. The average Bonchev–Trinajstić information content (AvgIpc) is 2.39. The van der Waals surface area contributed by atoms with Gasteiger partial charge in [0.2, 0.25) is 0 Å². The van der Waals surface area contributed by atoms with Gasteiger partial charge < -0.3 is 15.2 Å². The smallest absolute Gasteiger partial charge is 0.306 e. The van der Waals surface area contributed by atoms with Gasteiger partial charge >= 0.3 is 5.97 Å². The minimum absolute atomic E-state index is 0.0296. The molecule has 17 heavy (non-hydrogen) atoms. The van der Waals surface area contributed by atoms with Gasteiger partial charge in [-0.3, -0.25) is 4.79 Å². The fourth-order valence-corrected chi connectivity index (χ4v) is 1.60. The summed E-state index contributed by atoms with van der Waals surface area (Å²) < 4.78 is 4.56. The van der Waals surface area contributed by atoms with Gasteiger partial charge in [0.05, 0.1) is 25.7 Å². The number of ether oxygens (including phenoxy) is 1. The first-order valence-corrected chi connectivity index (χ1v) is 5.60. The summed E-state index contributed by atoms with van der Waals surface area (Å²) in [6, 6.07) is 9.66. The van der Waals surface area contributed by atoms with Gasteiger partial charge in [-0.25, -0.2) is 0 Å². The number of hydrogen-bond acceptors (Lipinski definition) is 4. The maximum absolute atomic E-state index is 11.0. The first-order valence-electron chi connectivity index (χ1n) is 5.60. The second-order valence-corrected chi connectivity index (χ2v) is 4.11. The number of rotatable bonds is 6. The van der Waals surface area contributed by atoms with Crippen molar-refractivity contribution in [1.82, 2.24) is 5.32 Å². The molecule has 0 radical (unpaired) electrons. The Labute approximate surface area is 102 Å². The van der Waals surface area contributed by atoms with Crippen LogP contribution in [0, 0.1) is 0 Å². The van der Waals surface area contributed by atoms with Crippen molar-refractivity contribution in [2.24, 2.45) is 0 Å². The molecule has 0 aliphatic heterocycles. The number of aliphatic hydroxyl groups excluding tert-OH is 1. The van der Waals surface area contributed by atoms with E-state index in [0.717, 1.165) is 5.56 Å². The average molecular weight is 237 g/mol. The second kappa shape index (κ2) is 6.37. The molecule has 1 aromatic carbocycles. The molecule has 4 nitrogen and oxygen atoms in total. The summed E-state index contributed by atoms with van der Waals surface area (Å²) in [6.07, 6.45) is 0.291. The van der Waals surface area contributed by atoms with Crippen molar-refractivity contribution < 1.29 is 14.6 Å². The van der Waals surface area contributed by atoms with Gasteiger partial charge in [-0.2, -0.15) is 0 Å². The van der Waals surface area contributed by atoms with E-state index in [-0.39, 0.29) is 12.6 Å². The Bertz CT molecular complexity index is 353. The Morgan fingerprint density at radius 1 is 1.41 bits per heavy atom. The number of methoxy groups -OCH3 is 1. The molecule has 0 bridgehead atoms. The zero-order valence-electron chi connectivity index (χ0n) is 10.3.